The zero-order valence-corrected chi connectivity index (χ0v) is 14.3. The molecule has 1 fully saturated rings. The van der Waals surface area contributed by atoms with Crippen molar-refractivity contribution in [2.24, 2.45) is 5.73 Å². The molecular weight excluding hydrogens is 314 g/mol. The fourth-order valence-electron chi connectivity index (χ4n) is 2.00. The van der Waals surface area contributed by atoms with Gasteiger partial charge in [0.2, 0.25) is 11.8 Å². The standard InChI is InChI=1S/C13H25N3O3S.ClH/c1-3-11(13(18)16-5-7-19-8-6-16)15-12(17)10(14)4-9-20-2;/h10-11H,3-9,14H2,1-2H3,(H,15,17);1H/t10-,11?;/m0./s1. The molecular formula is C13H26ClN3O3S. The van der Waals surface area contributed by atoms with Crippen molar-refractivity contribution < 1.29 is 14.3 Å². The predicted molar refractivity (Wildman–Crippen MR) is 87.8 cm³/mol. The SMILES string of the molecule is CCC(NC(=O)[C@@H](N)CCSC)C(=O)N1CCOCC1.Cl. The predicted octanol–water partition coefficient (Wildman–Crippen LogP) is 0.242. The number of nitrogens with one attached hydrogen (secondary N) is 1. The number of halogens is 1. The Bertz CT molecular complexity index is 328. The van der Waals surface area contributed by atoms with Crippen LogP contribution in [0, 0.1) is 0 Å². The molecule has 0 saturated carbocycles. The first kappa shape index (κ1) is 20.5. The molecule has 0 bridgehead atoms. The van der Waals surface area contributed by atoms with E-state index in [4.69, 9.17) is 10.5 Å². The molecule has 8 heteroatoms. The molecule has 0 radical (unpaired) electrons. The van der Waals surface area contributed by atoms with Crippen molar-refractivity contribution in [3.8, 4) is 0 Å². The number of hydrogen-bond donors (Lipinski definition) is 2. The van der Waals surface area contributed by atoms with Gasteiger partial charge in [0.25, 0.3) is 0 Å². The fraction of sp³-hybridized carbons (Fsp3) is 0.846. The molecule has 0 aromatic heterocycles. The van der Waals surface area contributed by atoms with E-state index in [0.717, 1.165) is 5.75 Å². The summed E-state index contributed by atoms with van der Waals surface area (Å²) in [5, 5.41) is 2.77. The average molecular weight is 340 g/mol. The van der Waals surface area contributed by atoms with Crippen LogP contribution in [0.2, 0.25) is 0 Å². The van der Waals surface area contributed by atoms with E-state index in [2.05, 4.69) is 5.32 Å². The molecule has 1 aliphatic rings. The first-order chi connectivity index (χ1) is 9.60. The number of ether oxygens (including phenoxy) is 1. The second kappa shape index (κ2) is 11.1. The number of carbonyl (C=O) groups is 2. The summed E-state index contributed by atoms with van der Waals surface area (Å²) in [5.74, 6) is 0.553. The normalized spacial score (nSPS) is 17.6. The second-order valence-corrected chi connectivity index (χ2v) is 5.78. The maximum atomic E-state index is 12.3. The third-order valence-electron chi connectivity index (χ3n) is 3.32. The van der Waals surface area contributed by atoms with E-state index in [1.54, 1.807) is 16.7 Å². The van der Waals surface area contributed by atoms with E-state index >= 15 is 0 Å². The summed E-state index contributed by atoms with van der Waals surface area (Å²) < 4.78 is 5.22. The van der Waals surface area contributed by atoms with Gasteiger partial charge < -0.3 is 20.7 Å². The summed E-state index contributed by atoms with van der Waals surface area (Å²) in [6.45, 7) is 4.18. The largest absolute Gasteiger partial charge is 0.378 e. The Morgan fingerprint density at radius 2 is 2.00 bits per heavy atom. The third kappa shape index (κ3) is 6.86. The molecule has 2 atom stereocenters. The molecule has 1 heterocycles. The lowest BCUT2D eigenvalue weighted by molar-refractivity contribution is -0.140. The number of nitrogens with two attached hydrogens (primary N) is 1. The van der Waals surface area contributed by atoms with Crippen molar-refractivity contribution in [3.05, 3.63) is 0 Å². The highest BCUT2D eigenvalue weighted by Gasteiger charge is 2.27. The number of morpholine rings is 1. The van der Waals surface area contributed by atoms with Gasteiger partial charge in [-0.15, -0.1) is 12.4 Å². The molecule has 0 aromatic carbocycles. The van der Waals surface area contributed by atoms with Gasteiger partial charge >= 0.3 is 0 Å². The highest BCUT2D eigenvalue weighted by atomic mass is 35.5. The van der Waals surface area contributed by atoms with Gasteiger partial charge in [-0.2, -0.15) is 11.8 Å². The van der Waals surface area contributed by atoms with E-state index in [0.29, 0.717) is 39.1 Å². The van der Waals surface area contributed by atoms with Crippen LogP contribution in [-0.2, 0) is 14.3 Å². The minimum absolute atomic E-state index is 0. The summed E-state index contributed by atoms with van der Waals surface area (Å²) in [4.78, 5) is 26.0. The highest BCUT2D eigenvalue weighted by Crippen LogP contribution is 2.05. The molecule has 124 valence electrons. The minimum Gasteiger partial charge on any atom is -0.378 e. The Kier molecular flexibility index (Phi) is 10.9. The van der Waals surface area contributed by atoms with Crippen molar-refractivity contribution in [2.45, 2.75) is 31.8 Å². The monoisotopic (exact) mass is 339 g/mol. The molecule has 6 nitrogen and oxygen atoms in total. The molecule has 21 heavy (non-hydrogen) atoms. The number of nitrogens with zero attached hydrogens (tertiary/aromatic N) is 1. The van der Waals surface area contributed by atoms with E-state index in [1.807, 2.05) is 13.2 Å². The first-order valence-corrected chi connectivity index (χ1v) is 8.41. The summed E-state index contributed by atoms with van der Waals surface area (Å²) in [6, 6.07) is -1.03. The molecule has 0 aromatic rings. The Morgan fingerprint density at radius 1 is 1.38 bits per heavy atom. The van der Waals surface area contributed by atoms with Crippen molar-refractivity contribution >= 4 is 36.0 Å². The molecule has 0 spiro atoms. The molecule has 1 saturated heterocycles. The smallest absolute Gasteiger partial charge is 0.245 e. The summed E-state index contributed by atoms with van der Waals surface area (Å²) in [6.07, 6.45) is 3.16. The maximum Gasteiger partial charge on any atom is 0.245 e. The molecule has 1 aliphatic heterocycles. The van der Waals surface area contributed by atoms with Crippen LogP contribution in [-0.4, -0.2) is 67.1 Å². The number of thioether (sulfide) groups is 1. The lowest BCUT2D eigenvalue weighted by Crippen LogP contribution is -2.54. The van der Waals surface area contributed by atoms with Crippen LogP contribution in [0.15, 0.2) is 0 Å². The van der Waals surface area contributed by atoms with Gasteiger partial charge in [-0.25, -0.2) is 0 Å². The minimum atomic E-state index is -0.547. The Morgan fingerprint density at radius 3 is 2.52 bits per heavy atom. The van der Waals surface area contributed by atoms with Crippen LogP contribution in [0.3, 0.4) is 0 Å². The molecule has 0 aliphatic carbocycles. The zero-order valence-electron chi connectivity index (χ0n) is 12.7. The third-order valence-corrected chi connectivity index (χ3v) is 3.96. The van der Waals surface area contributed by atoms with Gasteiger partial charge in [0.1, 0.15) is 6.04 Å². The van der Waals surface area contributed by atoms with E-state index < -0.39 is 12.1 Å². The van der Waals surface area contributed by atoms with E-state index in [9.17, 15) is 9.59 Å². The second-order valence-electron chi connectivity index (χ2n) is 4.80. The first-order valence-electron chi connectivity index (χ1n) is 7.01. The van der Waals surface area contributed by atoms with Crippen LogP contribution < -0.4 is 11.1 Å². The van der Waals surface area contributed by atoms with E-state index in [1.165, 1.54) is 0 Å². The topological polar surface area (TPSA) is 84.7 Å². The molecule has 1 rings (SSSR count). The van der Waals surface area contributed by atoms with Crippen molar-refractivity contribution in [3.63, 3.8) is 0 Å². The van der Waals surface area contributed by atoms with Crippen molar-refractivity contribution in [1.82, 2.24) is 10.2 Å². The fourth-order valence-corrected chi connectivity index (χ4v) is 2.49. The maximum absolute atomic E-state index is 12.3. The van der Waals surface area contributed by atoms with Crippen molar-refractivity contribution in [2.75, 3.05) is 38.3 Å². The Labute approximate surface area is 136 Å². The van der Waals surface area contributed by atoms with Gasteiger partial charge in [0.15, 0.2) is 0 Å². The van der Waals surface area contributed by atoms with E-state index in [-0.39, 0.29) is 24.2 Å². The summed E-state index contributed by atoms with van der Waals surface area (Å²) in [7, 11) is 0. The van der Waals surface area contributed by atoms with Crippen LogP contribution in [0.5, 0.6) is 0 Å². The van der Waals surface area contributed by atoms with Crippen LogP contribution in [0.4, 0.5) is 0 Å². The molecule has 1 unspecified atom stereocenters. The number of hydrogen-bond acceptors (Lipinski definition) is 5. The Balaban J connectivity index is 0.00000400. The van der Waals surface area contributed by atoms with Gasteiger partial charge in [0, 0.05) is 13.1 Å². The summed E-state index contributed by atoms with van der Waals surface area (Å²) >= 11 is 1.65. The number of amides is 2. The van der Waals surface area contributed by atoms with Gasteiger partial charge in [-0.05, 0) is 24.9 Å². The lowest BCUT2D eigenvalue weighted by Gasteiger charge is -2.30. The average Bonchev–Trinajstić information content (AvgIpc) is 2.50. The summed E-state index contributed by atoms with van der Waals surface area (Å²) in [5.41, 5.74) is 5.81. The quantitative estimate of drug-likeness (QED) is 0.694. The van der Waals surface area contributed by atoms with Crippen LogP contribution in [0.1, 0.15) is 19.8 Å². The highest BCUT2D eigenvalue weighted by molar-refractivity contribution is 7.98. The van der Waals surface area contributed by atoms with Gasteiger partial charge in [-0.3, -0.25) is 9.59 Å². The zero-order chi connectivity index (χ0) is 15.0. The molecule has 2 amide bonds. The number of rotatable bonds is 7. The Hall–Kier alpha value is -0.500. The van der Waals surface area contributed by atoms with Crippen LogP contribution in [0.25, 0.3) is 0 Å². The lowest BCUT2D eigenvalue weighted by atomic mass is 10.1. The van der Waals surface area contributed by atoms with Crippen molar-refractivity contribution in [1.29, 1.82) is 0 Å². The van der Waals surface area contributed by atoms with Gasteiger partial charge in [0.05, 0.1) is 19.3 Å². The van der Waals surface area contributed by atoms with Gasteiger partial charge in [-0.1, -0.05) is 6.92 Å². The number of carbonyl (C=O) groups excluding carboxylic acids is 2. The molecule has 3 N–H and O–H groups in total. The van der Waals surface area contributed by atoms with Crippen LogP contribution >= 0.6 is 24.2 Å².